The number of amides is 1. The first-order valence-electron chi connectivity index (χ1n) is 7.65. The Kier molecular flexibility index (Phi) is 5.03. The zero-order valence-corrected chi connectivity index (χ0v) is 13.1. The van der Waals surface area contributed by atoms with Gasteiger partial charge in [-0.15, -0.1) is 0 Å². The van der Waals surface area contributed by atoms with Crippen molar-refractivity contribution in [2.75, 3.05) is 13.1 Å². The quantitative estimate of drug-likeness (QED) is 0.848. The number of aryl methyl sites for hydroxylation is 1. The van der Waals surface area contributed by atoms with Crippen LogP contribution in [0.2, 0.25) is 0 Å². The van der Waals surface area contributed by atoms with Crippen LogP contribution in [0.15, 0.2) is 18.2 Å². The average molecular weight is 284 g/mol. The number of benzene rings is 1. The van der Waals surface area contributed by atoms with Crippen molar-refractivity contribution in [3.63, 3.8) is 0 Å². The fraction of sp³-hybridized carbons (Fsp3) is 0.500. The highest BCUT2D eigenvalue weighted by Crippen LogP contribution is 2.26. The molecular weight excluding hydrogens is 260 g/mol. The lowest BCUT2D eigenvalue weighted by atomic mass is 10.0. The number of nitrogens with zero attached hydrogens (tertiary/aromatic N) is 1. The van der Waals surface area contributed by atoms with Gasteiger partial charge in [-0.1, -0.05) is 31.8 Å². The van der Waals surface area contributed by atoms with Gasteiger partial charge in [-0.3, -0.25) is 4.79 Å². The normalized spacial score (nSPS) is 17.8. The zero-order valence-electron chi connectivity index (χ0n) is 13.1. The Labute approximate surface area is 127 Å². The molecule has 1 saturated heterocycles. The van der Waals surface area contributed by atoms with Crippen LogP contribution in [0.25, 0.3) is 0 Å². The highest BCUT2D eigenvalue weighted by molar-refractivity contribution is 5.95. The van der Waals surface area contributed by atoms with Gasteiger partial charge in [0.05, 0.1) is 6.54 Å². The lowest BCUT2D eigenvalue weighted by molar-refractivity contribution is 0.0701. The van der Waals surface area contributed by atoms with Gasteiger partial charge in [0.25, 0.3) is 5.91 Å². The van der Waals surface area contributed by atoms with Gasteiger partial charge in [0.1, 0.15) is 0 Å². The fourth-order valence-electron chi connectivity index (χ4n) is 2.94. The Morgan fingerprint density at radius 2 is 2.24 bits per heavy atom. The summed E-state index contributed by atoms with van der Waals surface area (Å²) in [6.07, 6.45) is 2.20. The van der Waals surface area contributed by atoms with E-state index in [4.69, 9.17) is 5.73 Å². The molecule has 0 aliphatic carbocycles. The minimum Gasteiger partial charge on any atom is -0.335 e. The maximum atomic E-state index is 12.8. The zero-order chi connectivity index (χ0) is 15.4. The molecule has 3 heteroatoms. The molecule has 1 heterocycles. The summed E-state index contributed by atoms with van der Waals surface area (Å²) >= 11 is 0. The van der Waals surface area contributed by atoms with E-state index in [9.17, 15) is 4.79 Å². The minimum absolute atomic E-state index is 0.127. The molecule has 1 unspecified atom stereocenters. The third kappa shape index (κ3) is 3.46. The minimum atomic E-state index is 0.127. The molecule has 3 nitrogen and oxygen atoms in total. The molecule has 1 aliphatic heterocycles. The lowest BCUT2D eigenvalue weighted by Gasteiger charge is -2.28. The number of hydrogen-bond acceptors (Lipinski definition) is 2. The van der Waals surface area contributed by atoms with Crippen molar-refractivity contribution in [2.24, 2.45) is 11.7 Å². The van der Waals surface area contributed by atoms with Crippen LogP contribution >= 0.6 is 0 Å². The summed E-state index contributed by atoms with van der Waals surface area (Å²) in [5.74, 6) is 6.53. The van der Waals surface area contributed by atoms with Gasteiger partial charge in [-0.25, -0.2) is 0 Å². The number of hydrogen-bond donors (Lipinski definition) is 1. The Morgan fingerprint density at radius 1 is 1.48 bits per heavy atom. The molecule has 2 N–H and O–H groups in total. The van der Waals surface area contributed by atoms with Gasteiger partial charge < -0.3 is 10.6 Å². The Bertz CT molecular complexity index is 581. The van der Waals surface area contributed by atoms with E-state index in [0.29, 0.717) is 18.5 Å². The molecule has 112 valence electrons. The SMILES string of the molecule is Cc1ccc(C(=O)N2CCCC2C(C)C)cc1C#CCN. The van der Waals surface area contributed by atoms with Crippen LogP contribution in [-0.4, -0.2) is 29.9 Å². The van der Waals surface area contributed by atoms with Crippen molar-refractivity contribution in [2.45, 2.75) is 39.7 Å². The van der Waals surface area contributed by atoms with Crippen LogP contribution in [0.1, 0.15) is 48.2 Å². The van der Waals surface area contributed by atoms with Crippen molar-refractivity contribution in [3.8, 4) is 11.8 Å². The maximum absolute atomic E-state index is 12.8. The van der Waals surface area contributed by atoms with E-state index < -0.39 is 0 Å². The summed E-state index contributed by atoms with van der Waals surface area (Å²) in [4.78, 5) is 14.8. The summed E-state index contributed by atoms with van der Waals surface area (Å²) in [7, 11) is 0. The van der Waals surface area contributed by atoms with Crippen LogP contribution in [-0.2, 0) is 0 Å². The smallest absolute Gasteiger partial charge is 0.254 e. The number of rotatable bonds is 2. The first kappa shape index (κ1) is 15.6. The van der Waals surface area contributed by atoms with E-state index in [1.165, 1.54) is 0 Å². The van der Waals surface area contributed by atoms with Crippen molar-refractivity contribution in [1.29, 1.82) is 0 Å². The second-order valence-electron chi connectivity index (χ2n) is 5.99. The van der Waals surface area contributed by atoms with Gasteiger partial charge in [0.2, 0.25) is 0 Å². The van der Waals surface area contributed by atoms with Crippen molar-refractivity contribution in [3.05, 3.63) is 34.9 Å². The molecule has 2 rings (SSSR count). The molecule has 1 fully saturated rings. The molecule has 21 heavy (non-hydrogen) atoms. The molecular formula is C18H24N2O. The standard InChI is InChI=1S/C18H24N2O/c1-13(2)17-7-5-11-20(17)18(21)16-9-8-14(3)15(12-16)6-4-10-19/h8-9,12-13,17H,5,7,10-11,19H2,1-3H3. The summed E-state index contributed by atoms with van der Waals surface area (Å²) in [6.45, 7) is 7.56. The molecule has 1 aromatic rings. The molecule has 0 spiro atoms. The third-order valence-corrected chi connectivity index (χ3v) is 4.14. The number of carbonyl (C=O) groups excluding carboxylic acids is 1. The molecule has 0 bridgehead atoms. The van der Waals surface area contributed by atoms with Crippen LogP contribution in [0, 0.1) is 24.7 Å². The Balaban J connectivity index is 2.27. The van der Waals surface area contributed by atoms with Crippen LogP contribution in [0.3, 0.4) is 0 Å². The number of carbonyl (C=O) groups is 1. The number of nitrogens with two attached hydrogens (primary N) is 1. The number of likely N-dealkylation sites (tertiary alicyclic amines) is 1. The largest absolute Gasteiger partial charge is 0.335 e. The summed E-state index contributed by atoms with van der Waals surface area (Å²) in [6, 6.07) is 6.13. The van der Waals surface area contributed by atoms with E-state index in [-0.39, 0.29) is 5.91 Å². The van der Waals surface area contributed by atoms with Crippen molar-refractivity contribution < 1.29 is 4.79 Å². The van der Waals surface area contributed by atoms with E-state index in [0.717, 1.165) is 36.1 Å². The highest BCUT2D eigenvalue weighted by Gasteiger charge is 2.31. The van der Waals surface area contributed by atoms with Crippen molar-refractivity contribution >= 4 is 5.91 Å². The fourth-order valence-corrected chi connectivity index (χ4v) is 2.94. The van der Waals surface area contributed by atoms with Gasteiger partial charge in [-0.2, -0.15) is 0 Å². The average Bonchev–Trinajstić information content (AvgIpc) is 2.95. The molecule has 1 aromatic carbocycles. The molecule has 0 radical (unpaired) electrons. The predicted octanol–water partition coefficient (Wildman–Crippen LogP) is 2.57. The maximum Gasteiger partial charge on any atom is 0.254 e. The molecule has 1 aliphatic rings. The monoisotopic (exact) mass is 284 g/mol. The summed E-state index contributed by atoms with van der Waals surface area (Å²) in [5.41, 5.74) is 8.13. The van der Waals surface area contributed by atoms with E-state index in [1.54, 1.807) is 0 Å². The van der Waals surface area contributed by atoms with Crippen LogP contribution in [0.5, 0.6) is 0 Å². The van der Waals surface area contributed by atoms with E-state index in [2.05, 4.69) is 25.7 Å². The first-order chi connectivity index (χ1) is 10.0. The van der Waals surface area contributed by atoms with Crippen LogP contribution < -0.4 is 5.73 Å². The summed E-state index contributed by atoms with van der Waals surface area (Å²) in [5, 5.41) is 0. The lowest BCUT2D eigenvalue weighted by Crippen LogP contribution is -2.38. The van der Waals surface area contributed by atoms with Crippen molar-refractivity contribution in [1.82, 2.24) is 4.90 Å². The van der Waals surface area contributed by atoms with E-state index in [1.807, 2.05) is 30.0 Å². The van der Waals surface area contributed by atoms with Gasteiger partial charge in [-0.05, 0) is 43.4 Å². The third-order valence-electron chi connectivity index (χ3n) is 4.14. The first-order valence-corrected chi connectivity index (χ1v) is 7.65. The Morgan fingerprint density at radius 3 is 2.90 bits per heavy atom. The highest BCUT2D eigenvalue weighted by atomic mass is 16.2. The van der Waals surface area contributed by atoms with Gasteiger partial charge in [0.15, 0.2) is 0 Å². The van der Waals surface area contributed by atoms with Crippen LogP contribution in [0.4, 0.5) is 0 Å². The topological polar surface area (TPSA) is 46.3 Å². The molecule has 0 aromatic heterocycles. The second kappa shape index (κ2) is 6.78. The molecule has 1 atom stereocenters. The Hall–Kier alpha value is -1.79. The molecule has 0 saturated carbocycles. The second-order valence-corrected chi connectivity index (χ2v) is 5.99. The molecule has 1 amide bonds. The van der Waals surface area contributed by atoms with Gasteiger partial charge in [0, 0.05) is 23.7 Å². The van der Waals surface area contributed by atoms with E-state index >= 15 is 0 Å². The predicted molar refractivity (Wildman–Crippen MR) is 86.0 cm³/mol. The van der Waals surface area contributed by atoms with Gasteiger partial charge >= 0.3 is 0 Å². The summed E-state index contributed by atoms with van der Waals surface area (Å²) < 4.78 is 0.